The molecule has 3 nitrogen and oxygen atoms in total. The molecule has 0 fully saturated rings. The molecule has 0 aromatic heterocycles. The average molecular weight is 299 g/mol. The molecule has 108 valence electrons. The van der Waals surface area contributed by atoms with Gasteiger partial charge in [0.25, 0.3) is 10.0 Å². The zero-order chi connectivity index (χ0) is 14.9. The predicted molar refractivity (Wildman–Crippen MR) is 84.3 cm³/mol. The highest BCUT2D eigenvalue weighted by atomic mass is 32.2. The summed E-state index contributed by atoms with van der Waals surface area (Å²) < 4.78 is 29.0. The predicted octanol–water partition coefficient (Wildman–Crippen LogP) is 3.51. The Morgan fingerprint density at radius 2 is 1.67 bits per heavy atom. The number of sulfonamides is 1. The van der Waals surface area contributed by atoms with Crippen LogP contribution in [-0.4, -0.2) is 14.1 Å². The summed E-state index contributed by atoms with van der Waals surface area (Å²) in [7, 11) is -3.63. The van der Waals surface area contributed by atoms with Gasteiger partial charge in [-0.2, -0.15) is 12.8 Å². The highest BCUT2D eigenvalue weighted by molar-refractivity contribution is 7.90. The monoisotopic (exact) mass is 299 g/mol. The Balaban J connectivity index is 2.04. The first-order valence-corrected chi connectivity index (χ1v) is 8.49. The standard InChI is InChI=1S/C17H17NO2S/c1-13-9-11-15(12-10-13)21(19,20)18-17-8-4-6-14-5-2-3-7-16(14)17/h2-3,5,7,9-12H,4,6,8H2,1H3. The Kier molecular flexibility index (Phi) is 3.64. The van der Waals surface area contributed by atoms with E-state index in [0.29, 0.717) is 12.1 Å². The summed E-state index contributed by atoms with van der Waals surface area (Å²) in [6.45, 7) is 1.93. The SMILES string of the molecule is Cc1ccc(S(=O)(=O)N=C2CCCc3ccccc32)cc1. The number of fused-ring (bicyclic) bond motifs is 1. The molecule has 2 aromatic rings. The summed E-state index contributed by atoms with van der Waals surface area (Å²) in [6.07, 6.45) is 2.64. The maximum Gasteiger partial charge on any atom is 0.282 e. The second-order valence-electron chi connectivity index (χ2n) is 5.34. The van der Waals surface area contributed by atoms with E-state index in [2.05, 4.69) is 4.40 Å². The van der Waals surface area contributed by atoms with Gasteiger partial charge >= 0.3 is 0 Å². The van der Waals surface area contributed by atoms with E-state index in [-0.39, 0.29) is 4.90 Å². The first kappa shape index (κ1) is 14.0. The Morgan fingerprint density at radius 1 is 0.952 bits per heavy atom. The van der Waals surface area contributed by atoms with Crippen molar-refractivity contribution in [2.75, 3.05) is 0 Å². The van der Waals surface area contributed by atoms with Crippen molar-refractivity contribution in [2.45, 2.75) is 31.1 Å². The van der Waals surface area contributed by atoms with E-state index < -0.39 is 10.0 Å². The number of nitrogens with zero attached hydrogens (tertiary/aromatic N) is 1. The van der Waals surface area contributed by atoms with E-state index in [0.717, 1.165) is 24.0 Å². The van der Waals surface area contributed by atoms with Gasteiger partial charge in [0.2, 0.25) is 0 Å². The van der Waals surface area contributed by atoms with Gasteiger partial charge in [0.05, 0.1) is 10.6 Å². The fraction of sp³-hybridized carbons (Fsp3) is 0.235. The van der Waals surface area contributed by atoms with Gasteiger partial charge < -0.3 is 0 Å². The van der Waals surface area contributed by atoms with Crippen molar-refractivity contribution < 1.29 is 8.42 Å². The Bertz CT molecular complexity index is 790. The molecule has 3 rings (SSSR count). The second-order valence-corrected chi connectivity index (χ2v) is 6.94. The minimum absolute atomic E-state index is 0.253. The highest BCUT2D eigenvalue weighted by Crippen LogP contribution is 2.23. The van der Waals surface area contributed by atoms with E-state index in [1.165, 1.54) is 5.56 Å². The smallest absolute Gasteiger partial charge is 0.199 e. The van der Waals surface area contributed by atoms with Gasteiger partial charge in [-0.3, -0.25) is 0 Å². The van der Waals surface area contributed by atoms with Crippen LogP contribution in [0.5, 0.6) is 0 Å². The topological polar surface area (TPSA) is 46.5 Å². The lowest BCUT2D eigenvalue weighted by Gasteiger charge is -2.17. The molecule has 21 heavy (non-hydrogen) atoms. The molecule has 0 bridgehead atoms. The van der Waals surface area contributed by atoms with Crippen LogP contribution in [0, 0.1) is 6.92 Å². The molecule has 0 spiro atoms. The molecule has 1 aliphatic carbocycles. The van der Waals surface area contributed by atoms with Gasteiger partial charge in [0, 0.05) is 0 Å². The molecule has 0 N–H and O–H groups in total. The number of hydrogen-bond acceptors (Lipinski definition) is 2. The molecule has 0 aliphatic heterocycles. The summed E-state index contributed by atoms with van der Waals surface area (Å²) in [5.41, 5.74) is 3.86. The summed E-state index contributed by atoms with van der Waals surface area (Å²) in [5.74, 6) is 0. The van der Waals surface area contributed by atoms with Crippen LogP contribution < -0.4 is 0 Å². The lowest BCUT2D eigenvalue weighted by Crippen LogP contribution is -2.14. The number of rotatable bonds is 2. The third-order valence-electron chi connectivity index (χ3n) is 3.74. The molecular formula is C17H17NO2S. The van der Waals surface area contributed by atoms with Crippen molar-refractivity contribution >= 4 is 15.7 Å². The minimum Gasteiger partial charge on any atom is -0.199 e. The van der Waals surface area contributed by atoms with Crippen LogP contribution in [0.2, 0.25) is 0 Å². The zero-order valence-electron chi connectivity index (χ0n) is 11.9. The van der Waals surface area contributed by atoms with Gasteiger partial charge in [-0.05, 0) is 49.4 Å². The molecule has 4 heteroatoms. The maximum atomic E-state index is 12.4. The van der Waals surface area contributed by atoms with E-state index in [9.17, 15) is 8.42 Å². The first-order valence-electron chi connectivity index (χ1n) is 7.05. The Morgan fingerprint density at radius 3 is 2.43 bits per heavy atom. The zero-order valence-corrected chi connectivity index (χ0v) is 12.7. The van der Waals surface area contributed by atoms with Crippen LogP contribution >= 0.6 is 0 Å². The van der Waals surface area contributed by atoms with Crippen LogP contribution in [-0.2, 0) is 16.4 Å². The molecule has 0 heterocycles. The molecular weight excluding hydrogens is 282 g/mol. The fourth-order valence-corrected chi connectivity index (χ4v) is 3.67. The summed E-state index contributed by atoms with van der Waals surface area (Å²) in [4.78, 5) is 0.253. The van der Waals surface area contributed by atoms with Crippen molar-refractivity contribution in [3.63, 3.8) is 0 Å². The molecule has 0 unspecified atom stereocenters. The van der Waals surface area contributed by atoms with Crippen LogP contribution in [0.1, 0.15) is 29.5 Å². The molecule has 2 aromatic carbocycles. The summed E-state index contributed by atoms with van der Waals surface area (Å²) >= 11 is 0. The Labute approximate surface area is 125 Å². The van der Waals surface area contributed by atoms with Gasteiger partial charge in [-0.25, -0.2) is 0 Å². The normalized spacial score (nSPS) is 16.7. The van der Waals surface area contributed by atoms with Crippen LogP contribution in [0.25, 0.3) is 0 Å². The lowest BCUT2D eigenvalue weighted by atomic mass is 9.90. The van der Waals surface area contributed by atoms with Crippen molar-refractivity contribution in [3.8, 4) is 0 Å². The Hall–Kier alpha value is -1.94. The van der Waals surface area contributed by atoms with Crippen molar-refractivity contribution in [1.82, 2.24) is 0 Å². The van der Waals surface area contributed by atoms with E-state index in [4.69, 9.17) is 0 Å². The number of aryl methyl sites for hydroxylation is 2. The second kappa shape index (κ2) is 5.45. The quantitative estimate of drug-likeness (QED) is 0.852. The molecule has 0 radical (unpaired) electrons. The third-order valence-corrected chi connectivity index (χ3v) is 5.07. The van der Waals surface area contributed by atoms with Crippen molar-refractivity contribution in [3.05, 3.63) is 65.2 Å². The maximum absolute atomic E-state index is 12.4. The van der Waals surface area contributed by atoms with E-state index in [1.54, 1.807) is 24.3 Å². The molecule has 0 saturated heterocycles. The van der Waals surface area contributed by atoms with Crippen molar-refractivity contribution in [2.24, 2.45) is 4.40 Å². The summed E-state index contributed by atoms with van der Waals surface area (Å²) in [5, 5.41) is 0. The van der Waals surface area contributed by atoms with Crippen molar-refractivity contribution in [1.29, 1.82) is 0 Å². The van der Waals surface area contributed by atoms with Crippen LogP contribution in [0.4, 0.5) is 0 Å². The lowest BCUT2D eigenvalue weighted by molar-refractivity contribution is 0.597. The van der Waals surface area contributed by atoms with Crippen LogP contribution in [0.3, 0.4) is 0 Å². The van der Waals surface area contributed by atoms with Gasteiger partial charge in [0.1, 0.15) is 0 Å². The van der Waals surface area contributed by atoms with E-state index >= 15 is 0 Å². The molecule has 0 atom stereocenters. The largest absolute Gasteiger partial charge is 0.282 e. The number of hydrogen-bond donors (Lipinski definition) is 0. The van der Waals surface area contributed by atoms with Crippen LogP contribution in [0.15, 0.2) is 57.8 Å². The van der Waals surface area contributed by atoms with Gasteiger partial charge in [-0.1, -0.05) is 42.0 Å². The third kappa shape index (κ3) is 2.90. The molecule has 0 amide bonds. The molecule has 1 aliphatic rings. The fourth-order valence-electron chi connectivity index (χ4n) is 2.60. The highest BCUT2D eigenvalue weighted by Gasteiger charge is 2.19. The molecule has 0 saturated carbocycles. The van der Waals surface area contributed by atoms with Gasteiger partial charge in [0.15, 0.2) is 0 Å². The van der Waals surface area contributed by atoms with Gasteiger partial charge in [-0.15, -0.1) is 0 Å². The minimum atomic E-state index is -3.63. The van der Waals surface area contributed by atoms with E-state index in [1.807, 2.05) is 31.2 Å². The average Bonchev–Trinajstić information content (AvgIpc) is 2.48. The number of benzene rings is 2. The summed E-state index contributed by atoms with van der Waals surface area (Å²) in [6, 6.07) is 14.7. The first-order chi connectivity index (χ1) is 10.1.